The molecule has 2 fully saturated rings. The predicted octanol–water partition coefficient (Wildman–Crippen LogP) is 0.863. The normalized spacial score (nSPS) is 29.9. The van der Waals surface area contributed by atoms with Gasteiger partial charge in [0.25, 0.3) is 0 Å². The molecule has 2 aliphatic heterocycles. The van der Waals surface area contributed by atoms with E-state index in [1.54, 1.807) is 0 Å². The van der Waals surface area contributed by atoms with Crippen LogP contribution in [0.25, 0.3) is 0 Å². The second-order valence-corrected chi connectivity index (χ2v) is 10.7. The van der Waals surface area contributed by atoms with Gasteiger partial charge in [-0.3, -0.25) is 4.90 Å². The third-order valence-electron chi connectivity index (χ3n) is 4.56. The largest absolute Gasteiger partial charge is 0.291 e. The Balaban J connectivity index is 1.83. The third kappa shape index (κ3) is 3.70. The van der Waals surface area contributed by atoms with Crippen LogP contribution in [0.3, 0.4) is 0 Å². The molecular weight excluding hydrogens is 322 g/mol. The van der Waals surface area contributed by atoms with E-state index < -0.39 is 19.7 Å². The summed E-state index contributed by atoms with van der Waals surface area (Å²) in [6, 6.07) is 9.70. The van der Waals surface area contributed by atoms with E-state index in [0.29, 0.717) is 19.4 Å². The number of sulfone groups is 2. The average molecular weight is 343 g/mol. The lowest BCUT2D eigenvalue weighted by atomic mass is 10.1. The minimum atomic E-state index is -2.98. The molecule has 2 heterocycles. The summed E-state index contributed by atoms with van der Waals surface area (Å²) < 4.78 is 47.2. The van der Waals surface area contributed by atoms with Crippen molar-refractivity contribution in [1.82, 2.24) is 4.90 Å². The molecule has 7 heteroatoms. The zero-order valence-corrected chi connectivity index (χ0v) is 14.0. The van der Waals surface area contributed by atoms with Crippen molar-refractivity contribution in [3.63, 3.8) is 0 Å². The molecule has 2 saturated heterocycles. The SMILES string of the molecule is O=S1(=O)CC[C@@H](N(Cc2ccccc2)[C@H]2CCS(=O)(=O)C2)C1. The van der Waals surface area contributed by atoms with Crippen molar-refractivity contribution in [3.05, 3.63) is 35.9 Å². The van der Waals surface area contributed by atoms with E-state index in [2.05, 4.69) is 4.90 Å². The fourth-order valence-electron chi connectivity index (χ4n) is 3.42. The third-order valence-corrected chi connectivity index (χ3v) is 8.06. The van der Waals surface area contributed by atoms with Crippen LogP contribution in [-0.4, -0.2) is 56.8 Å². The summed E-state index contributed by atoms with van der Waals surface area (Å²) in [5, 5.41) is 0. The van der Waals surface area contributed by atoms with Crippen molar-refractivity contribution < 1.29 is 16.8 Å². The van der Waals surface area contributed by atoms with Gasteiger partial charge in [0.2, 0.25) is 0 Å². The molecule has 0 spiro atoms. The lowest BCUT2D eigenvalue weighted by Gasteiger charge is -2.33. The Labute approximate surface area is 132 Å². The summed E-state index contributed by atoms with van der Waals surface area (Å²) in [5.41, 5.74) is 1.09. The highest BCUT2D eigenvalue weighted by Gasteiger charge is 2.39. The molecule has 2 aliphatic rings. The number of nitrogens with zero attached hydrogens (tertiary/aromatic N) is 1. The summed E-state index contributed by atoms with van der Waals surface area (Å²) in [6.45, 7) is 0.612. The van der Waals surface area contributed by atoms with Gasteiger partial charge in [0, 0.05) is 18.6 Å². The number of rotatable bonds is 4. The molecule has 0 bridgehead atoms. The van der Waals surface area contributed by atoms with Crippen LogP contribution in [0, 0.1) is 0 Å². The minimum absolute atomic E-state index is 0.0662. The second kappa shape index (κ2) is 5.94. The van der Waals surface area contributed by atoms with Gasteiger partial charge in [-0.05, 0) is 18.4 Å². The van der Waals surface area contributed by atoms with E-state index in [1.807, 2.05) is 30.3 Å². The first-order valence-electron chi connectivity index (χ1n) is 7.55. The van der Waals surface area contributed by atoms with Crippen LogP contribution in [0.5, 0.6) is 0 Å². The molecule has 0 amide bonds. The number of hydrogen-bond donors (Lipinski definition) is 0. The fourth-order valence-corrected chi connectivity index (χ4v) is 6.91. The zero-order chi connectivity index (χ0) is 15.8. The Bertz CT molecular complexity index is 684. The second-order valence-electron chi connectivity index (χ2n) is 6.27. The van der Waals surface area contributed by atoms with Gasteiger partial charge in [0.1, 0.15) is 0 Å². The van der Waals surface area contributed by atoms with Crippen molar-refractivity contribution in [3.8, 4) is 0 Å². The van der Waals surface area contributed by atoms with Crippen LogP contribution >= 0.6 is 0 Å². The number of benzene rings is 1. The quantitative estimate of drug-likeness (QED) is 0.811. The van der Waals surface area contributed by atoms with Gasteiger partial charge in [0.15, 0.2) is 19.7 Å². The van der Waals surface area contributed by atoms with Crippen molar-refractivity contribution in [2.45, 2.75) is 31.5 Å². The minimum Gasteiger partial charge on any atom is -0.291 e. The van der Waals surface area contributed by atoms with E-state index >= 15 is 0 Å². The van der Waals surface area contributed by atoms with Gasteiger partial charge in [-0.25, -0.2) is 16.8 Å². The molecule has 0 radical (unpaired) electrons. The predicted molar refractivity (Wildman–Crippen MR) is 86.1 cm³/mol. The lowest BCUT2D eigenvalue weighted by Crippen LogP contribution is -2.44. The monoisotopic (exact) mass is 343 g/mol. The van der Waals surface area contributed by atoms with E-state index in [9.17, 15) is 16.8 Å². The summed E-state index contributed by atoms with van der Waals surface area (Å²) in [5.74, 6) is 0.720. The Hall–Kier alpha value is -0.920. The summed E-state index contributed by atoms with van der Waals surface area (Å²) in [6.07, 6.45) is 1.21. The van der Waals surface area contributed by atoms with Gasteiger partial charge in [-0.1, -0.05) is 30.3 Å². The molecule has 5 nitrogen and oxygen atoms in total. The van der Waals surface area contributed by atoms with Gasteiger partial charge in [-0.15, -0.1) is 0 Å². The molecule has 22 heavy (non-hydrogen) atoms. The molecule has 1 aromatic rings. The van der Waals surface area contributed by atoms with Gasteiger partial charge >= 0.3 is 0 Å². The van der Waals surface area contributed by atoms with Crippen molar-refractivity contribution >= 4 is 19.7 Å². The van der Waals surface area contributed by atoms with Crippen molar-refractivity contribution in [1.29, 1.82) is 0 Å². The molecule has 122 valence electrons. The molecule has 0 aliphatic carbocycles. The van der Waals surface area contributed by atoms with Crippen LogP contribution in [0.2, 0.25) is 0 Å². The fraction of sp³-hybridized carbons (Fsp3) is 0.600. The molecule has 2 atom stereocenters. The maximum absolute atomic E-state index is 11.8. The van der Waals surface area contributed by atoms with Gasteiger partial charge in [-0.2, -0.15) is 0 Å². The summed E-state index contributed by atoms with van der Waals surface area (Å²) in [7, 11) is -5.96. The topological polar surface area (TPSA) is 71.5 Å². The Kier molecular flexibility index (Phi) is 4.31. The van der Waals surface area contributed by atoms with E-state index in [1.165, 1.54) is 0 Å². The summed E-state index contributed by atoms with van der Waals surface area (Å²) in [4.78, 5) is 2.12. The van der Waals surface area contributed by atoms with Crippen LogP contribution < -0.4 is 0 Å². The molecule has 0 N–H and O–H groups in total. The van der Waals surface area contributed by atoms with E-state index in [4.69, 9.17) is 0 Å². The number of hydrogen-bond acceptors (Lipinski definition) is 5. The highest BCUT2D eigenvalue weighted by molar-refractivity contribution is 7.92. The summed E-state index contributed by atoms with van der Waals surface area (Å²) >= 11 is 0. The first kappa shape index (κ1) is 16.0. The zero-order valence-electron chi connectivity index (χ0n) is 12.4. The van der Waals surface area contributed by atoms with E-state index in [-0.39, 0.29) is 35.1 Å². The molecular formula is C15H21NO4S2. The standard InChI is InChI=1S/C15H21NO4S2/c17-21(18)8-6-14(11-21)16(10-13-4-2-1-3-5-13)15-7-9-22(19,20)12-15/h1-5,14-15H,6-12H2/t14-,15+. The lowest BCUT2D eigenvalue weighted by molar-refractivity contribution is 0.150. The van der Waals surface area contributed by atoms with Crippen LogP contribution in [0.4, 0.5) is 0 Å². The highest BCUT2D eigenvalue weighted by atomic mass is 32.2. The Morgan fingerprint density at radius 2 is 1.36 bits per heavy atom. The molecule has 1 aromatic carbocycles. The average Bonchev–Trinajstić information content (AvgIpc) is 2.99. The highest BCUT2D eigenvalue weighted by Crippen LogP contribution is 2.27. The van der Waals surface area contributed by atoms with Gasteiger partial charge in [0.05, 0.1) is 23.0 Å². The Morgan fingerprint density at radius 3 is 1.77 bits per heavy atom. The molecule has 0 saturated carbocycles. The molecule has 3 rings (SSSR count). The molecule has 0 aromatic heterocycles. The first-order valence-corrected chi connectivity index (χ1v) is 11.2. The Morgan fingerprint density at radius 1 is 0.864 bits per heavy atom. The first-order chi connectivity index (χ1) is 10.3. The van der Waals surface area contributed by atoms with Crippen molar-refractivity contribution in [2.75, 3.05) is 23.0 Å². The van der Waals surface area contributed by atoms with E-state index in [0.717, 1.165) is 5.56 Å². The van der Waals surface area contributed by atoms with Crippen molar-refractivity contribution in [2.24, 2.45) is 0 Å². The maximum Gasteiger partial charge on any atom is 0.151 e. The smallest absolute Gasteiger partial charge is 0.151 e. The van der Waals surface area contributed by atoms with Crippen LogP contribution in [-0.2, 0) is 26.2 Å². The molecule has 0 unspecified atom stereocenters. The van der Waals surface area contributed by atoms with Crippen LogP contribution in [0.15, 0.2) is 30.3 Å². The van der Waals surface area contributed by atoms with Gasteiger partial charge < -0.3 is 0 Å². The van der Waals surface area contributed by atoms with Crippen LogP contribution in [0.1, 0.15) is 18.4 Å². The maximum atomic E-state index is 11.8.